The first-order valence-corrected chi connectivity index (χ1v) is 10.1. The predicted octanol–water partition coefficient (Wildman–Crippen LogP) is 3.64. The van der Waals surface area contributed by atoms with Crippen molar-refractivity contribution in [1.29, 1.82) is 0 Å². The van der Waals surface area contributed by atoms with Crippen LogP contribution in [0.15, 0.2) is 29.3 Å². The van der Waals surface area contributed by atoms with Gasteiger partial charge in [0, 0.05) is 38.2 Å². The Balaban J connectivity index is 1.42. The van der Waals surface area contributed by atoms with Gasteiger partial charge in [-0.1, -0.05) is 50.3 Å². The molecule has 26 heavy (non-hydrogen) atoms. The molecule has 3 rings (SSSR count). The van der Waals surface area contributed by atoms with E-state index >= 15 is 0 Å². The molecule has 0 bridgehead atoms. The molecule has 1 amide bonds. The molecule has 1 aromatic rings. The second-order valence-corrected chi connectivity index (χ2v) is 7.56. The summed E-state index contributed by atoms with van der Waals surface area (Å²) < 4.78 is 0. The topological polar surface area (TPSA) is 65.5 Å². The lowest BCUT2D eigenvalue weighted by Gasteiger charge is -2.26. The number of amides is 1. The molecule has 0 spiro atoms. The molecule has 1 aromatic carbocycles. The van der Waals surface area contributed by atoms with Gasteiger partial charge in [-0.15, -0.1) is 0 Å². The third kappa shape index (κ3) is 5.23. The molecule has 1 aliphatic carbocycles. The molecule has 1 fully saturated rings. The van der Waals surface area contributed by atoms with Gasteiger partial charge in [0.25, 0.3) is 0 Å². The summed E-state index contributed by atoms with van der Waals surface area (Å²) in [6.45, 7) is 1.67. The summed E-state index contributed by atoms with van der Waals surface area (Å²) in [5.41, 5.74) is 2.14. The number of fused-ring (bicyclic) bond motifs is 1. The number of rotatable bonds is 6. The van der Waals surface area contributed by atoms with Crippen LogP contribution in [0.3, 0.4) is 0 Å². The van der Waals surface area contributed by atoms with Crippen molar-refractivity contribution in [2.45, 2.75) is 57.3 Å². The van der Waals surface area contributed by atoms with Gasteiger partial charge in [-0.3, -0.25) is 9.79 Å². The Kier molecular flexibility index (Phi) is 6.92. The Labute approximate surface area is 157 Å². The average molecular weight is 357 g/mol. The van der Waals surface area contributed by atoms with Gasteiger partial charge in [0.15, 0.2) is 5.96 Å². The molecule has 0 saturated heterocycles. The molecule has 5 heteroatoms. The van der Waals surface area contributed by atoms with Gasteiger partial charge in [-0.25, -0.2) is 0 Å². The van der Waals surface area contributed by atoms with Crippen LogP contribution in [-0.4, -0.2) is 32.0 Å². The summed E-state index contributed by atoms with van der Waals surface area (Å²) in [6.07, 6.45) is 10.1. The molecule has 5 nitrogen and oxygen atoms in total. The molecule has 1 unspecified atom stereocenters. The van der Waals surface area contributed by atoms with Crippen LogP contribution >= 0.6 is 0 Å². The fourth-order valence-corrected chi connectivity index (χ4v) is 4.20. The molecular formula is C21H32N4O. The first-order chi connectivity index (χ1) is 12.8. The average Bonchev–Trinajstić information content (AvgIpc) is 2.68. The van der Waals surface area contributed by atoms with Crippen molar-refractivity contribution in [3.63, 3.8) is 0 Å². The largest absolute Gasteiger partial charge is 0.356 e. The van der Waals surface area contributed by atoms with E-state index < -0.39 is 0 Å². The van der Waals surface area contributed by atoms with Crippen LogP contribution in [0.25, 0.3) is 0 Å². The highest BCUT2D eigenvalue weighted by Gasteiger charge is 2.24. The number of guanidine groups is 1. The van der Waals surface area contributed by atoms with E-state index in [4.69, 9.17) is 0 Å². The van der Waals surface area contributed by atoms with Crippen molar-refractivity contribution >= 4 is 17.6 Å². The number of benzene rings is 1. The van der Waals surface area contributed by atoms with Gasteiger partial charge in [-0.2, -0.15) is 0 Å². The van der Waals surface area contributed by atoms with Crippen LogP contribution in [0, 0.1) is 5.92 Å². The zero-order valence-electron chi connectivity index (χ0n) is 15.9. The van der Waals surface area contributed by atoms with E-state index in [2.05, 4.69) is 27.0 Å². The highest BCUT2D eigenvalue weighted by atomic mass is 16.1. The maximum absolute atomic E-state index is 11.9. The van der Waals surface area contributed by atoms with Gasteiger partial charge in [0.05, 0.1) is 0 Å². The zero-order chi connectivity index (χ0) is 18.2. The number of carbonyl (C=O) groups excluding carboxylic acids is 1. The normalized spacial score (nSPS) is 21.0. The second kappa shape index (κ2) is 9.60. The van der Waals surface area contributed by atoms with Gasteiger partial charge < -0.3 is 16.0 Å². The maximum atomic E-state index is 11.9. The van der Waals surface area contributed by atoms with E-state index in [1.54, 1.807) is 7.05 Å². The lowest BCUT2D eigenvalue weighted by atomic mass is 9.86. The number of hydrogen-bond donors (Lipinski definition) is 3. The van der Waals surface area contributed by atoms with Gasteiger partial charge in [0.1, 0.15) is 0 Å². The number of anilines is 1. The first-order valence-electron chi connectivity index (χ1n) is 10.1. The molecule has 3 N–H and O–H groups in total. The maximum Gasteiger partial charge on any atom is 0.225 e. The Bertz CT molecular complexity index is 622. The number of aliphatic imine (C=N–C) groups is 1. The van der Waals surface area contributed by atoms with Crippen LogP contribution < -0.4 is 16.0 Å². The number of carbonyl (C=O) groups is 1. The third-order valence-electron chi connectivity index (χ3n) is 5.65. The van der Waals surface area contributed by atoms with Crippen LogP contribution in [0.1, 0.15) is 62.8 Å². The quantitative estimate of drug-likeness (QED) is 0.414. The van der Waals surface area contributed by atoms with Crippen molar-refractivity contribution < 1.29 is 4.79 Å². The number of para-hydroxylation sites is 1. The van der Waals surface area contributed by atoms with Crippen molar-refractivity contribution in [1.82, 2.24) is 10.6 Å². The molecule has 142 valence electrons. The zero-order valence-corrected chi connectivity index (χ0v) is 15.9. The van der Waals surface area contributed by atoms with E-state index in [0.717, 1.165) is 24.1 Å². The molecule has 2 aliphatic rings. The molecule has 0 radical (unpaired) electrons. The van der Waals surface area contributed by atoms with Crippen LogP contribution in [-0.2, 0) is 4.79 Å². The summed E-state index contributed by atoms with van der Waals surface area (Å²) in [5, 5.41) is 9.77. The lowest BCUT2D eigenvalue weighted by Crippen LogP contribution is -2.41. The summed E-state index contributed by atoms with van der Waals surface area (Å²) in [4.78, 5) is 16.3. The van der Waals surface area contributed by atoms with E-state index in [1.165, 1.54) is 50.5 Å². The minimum Gasteiger partial charge on any atom is -0.356 e. The van der Waals surface area contributed by atoms with E-state index in [0.29, 0.717) is 13.0 Å². The summed E-state index contributed by atoms with van der Waals surface area (Å²) in [5.74, 6) is 2.03. The fraction of sp³-hybridized carbons (Fsp3) is 0.619. The number of nitrogens with zero attached hydrogens (tertiary/aromatic N) is 1. The second-order valence-electron chi connectivity index (χ2n) is 7.56. The smallest absolute Gasteiger partial charge is 0.225 e. The SMILES string of the molecule is CN=C(NCCCC1CCCCC1)NCC1CC(=O)Nc2ccccc21. The Morgan fingerprint density at radius 1 is 1.19 bits per heavy atom. The van der Waals surface area contributed by atoms with E-state index in [1.807, 2.05) is 18.2 Å². The minimum absolute atomic E-state index is 0.0888. The van der Waals surface area contributed by atoms with Crippen LogP contribution in [0.4, 0.5) is 5.69 Å². The molecule has 0 aromatic heterocycles. The summed E-state index contributed by atoms with van der Waals surface area (Å²) in [6, 6.07) is 8.06. The van der Waals surface area contributed by atoms with Crippen LogP contribution in [0.5, 0.6) is 0 Å². The summed E-state index contributed by atoms with van der Waals surface area (Å²) >= 11 is 0. The van der Waals surface area contributed by atoms with Gasteiger partial charge >= 0.3 is 0 Å². The highest BCUT2D eigenvalue weighted by molar-refractivity contribution is 5.94. The summed E-state index contributed by atoms with van der Waals surface area (Å²) in [7, 11) is 1.80. The molecule has 1 heterocycles. The lowest BCUT2D eigenvalue weighted by molar-refractivity contribution is -0.116. The molecular weight excluding hydrogens is 324 g/mol. The molecule has 1 aliphatic heterocycles. The third-order valence-corrected chi connectivity index (χ3v) is 5.65. The number of hydrogen-bond acceptors (Lipinski definition) is 2. The Hall–Kier alpha value is -2.04. The monoisotopic (exact) mass is 356 g/mol. The van der Waals surface area contributed by atoms with Crippen LogP contribution in [0.2, 0.25) is 0 Å². The fourth-order valence-electron chi connectivity index (χ4n) is 4.20. The Morgan fingerprint density at radius 2 is 2.00 bits per heavy atom. The molecule has 1 atom stereocenters. The highest BCUT2D eigenvalue weighted by Crippen LogP contribution is 2.31. The van der Waals surface area contributed by atoms with Crippen molar-refractivity contribution in [2.75, 3.05) is 25.5 Å². The molecule has 1 saturated carbocycles. The Morgan fingerprint density at radius 3 is 2.81 bits per heavy atom. The van der Waals surface area contributed by atoms with E-state index in [9.17, 15) is 4.79 Å². The van der Waals surface area contributed by atoms with Crippen molar-refractivity contribution in [3.05, 3.63) is 29.8 Å². The van der Waals surface area contributed by atoms with Crippen molar-refractivity contribution in [2.24, 2.45) is 10.9 Å². The van der Waals surface area contributed by atoms with Gasteiger partial charge in [0.2, 0.25) is 5.91 Å². The van der Waals surface area contributed by atoms with E-state index in [-0.39, 0.29) is 11.8 Å². The van der Waals surface area contributed by atoms with Gasteiger partial charge in [-0.05, 0) is 30.4 Å². The van der Waals surface area contributed by atoms with Crippen molar-refractivity contribution in [3.8, 4) is 0 Å². The minimum atomic E-state index is 0.0888. The predicted molar refractivity (Wildman–Crippen MR) is 108 cm³/mol. The first kappa shape index (κ1) is 18.7. The number of nitrogens with one attached hydrogen (secondary N) is 3. The standard InChI is InChI=1S/C21H32N4O/c1-22-21(23-13-7-10-16-8-3-2-4-9-16)24-15-17-14-20(26)25-19-12-6-5-11-18(17)19/h5-6,11-12,16-17H,2-4,7-10,13-15H2,1H3,(H,25,26)(H2,22,23,24).